The molecular formula is C21H17N5O3S. The molecule has 4 aromatic rings. The molecule has 0 radical (unpaired) electrons. The molecule has 150 valence electrons. The van der Waals surface area contributed by atoms with Crippen LogP contribution >= 0.6 is 11.3 Å². The Bertz CT molecular complexity index is 1200. The number of aryl methyl sites for hydroxylation is 1. The predicted molar refractivity (Wildman–Crippen MR) is 115 cm³/mol. The Morgan fingerprint density at radius 1 is 1.17 bits per heavy atom. The van der Waals surface area contributed by atoms with Gasteiger partial charge in [-0.1, -0.05) is 42.5 Å². The van der Waals surface area contributed by atoms with Gasteiger partial charge in [0.25, 0.3) is 5.69 Å². The van der Waals surface area contributed by atoms with Crippen LogP contribution in [0.5, 0.6) is 0 Å². The molecule has 2 aromatic heterocycles. The number of imidazole rings is 1. The van der Waals surface area contributed by atoms with Crippen molar-refractivity contribution in [2.75, 3.05) is 5.32 Å². The lowest BCUT2D eigenvalue weighted by Crippen LogP contribution is -2.17. The molecule has 0 aliphatic carbocycles. The summed E-state index contributed by atoms with van der Waals surface area (Å²) in [6, 6.07) is 15.8. The second-order valence-electron chi connectivity index (χ2n) is 6.56. The van der Waals surface area contributed by atoms with Gasteiger partial charge < -0.3 is 5.32 Å². The van der Waals surface area contributed by atoms with Gasteiger partial charge in [0.05, 0.1) is 23.2 Å². The van der Waals surface area contributed by atoms with E-state index < -0.39 is 4.92 Å². The number of hydrogen-bond donors (Lipinski definition) is 1. The Labute approximate surface area is 176 Å². The maximum absolute atomic E-state index is 12.5. The molecule has 8 nitrogen and oxygen atoms in total. The summed E-state index contributed by atoms with van der Waals surface area (Å²) in [6.07, 6.45) is 1.68. The molecule has 0 bridgehead atoms. The zero-order valence-corrected chi connectivity index (χ0v) is 16.8. The number of hydrogen-bond acceptors (Lipinski definition) is 6. The van der Waals surface area contributed by atoms with Gasteiger partial charge in [0.1, 0.15) is 11.6 Å². The molecule has 4 rings (SSSR count). The van der Waals surface area contributed by atoms with Gasteiger partial charge in [-0.05, 0) is 12.5 Å². The number of rotatable bonds is 6. The number of carbonyl (C=O) groups excluding carboxylic acids is 1. The van der Waals surface area contributed by atoms with Crippen LogP contribution < -0.4 is 5.32 Å². The Balaban J connectivity index is 1.52. The van der Waals surface area contributed by atoms with E-state index in [-0.39, 0.29) is 18.0 Å². The largest absolute Gasteiger partial charge is 0.310 e. The number of nitro benzene ring substituents is 1. The summed E-state index contributed by atoms with van der Waals surface area (Å²) in [4.78, 5) is 31.8. The quantitative estimate of drug-likeness (QED) is 0.369. The van der Waals surface area contributed by atoms with Gasteiger partial charge in [-0.2, -0.15) is 0 Å². The van der Waals surface area contributed by atoms with Crippen LogP contribution in [0.1, 0.15) is 11.4 Å². The van der Waals surface area contributed by atoms with Crippen molar-refractivity contribution in [3.63, 3.8) is 0 Å². The highest BCUT2D eigenvalue weighted by Gasteiger charge is 2.16. The number of anilines is 1. The summed E-state index contributed by atoms with van der Waals surface area (Å²) >= 11 is 1.46. The highest BCUT2D eigenvalue weighted by molar-refractivity contribution is 7.12. The molecule has 0 aliphatic rings. The smallest absolute Gasteiger partial charge is 0.269 e. The van der Waals surface area contributed by atoms with E-state index in [1.807, 2.05) is 42.6 Å². The molecule has 1 amide bonds. The Hall–Kier alpha value is -3.85. The second-order valence-corrected chi connectivity index (χ2v) is 7.39. The normalized spacial score (nSPS) is 10.7. The van der Waals surface area contributed by atoms with Crippen molar-refractivity contribution in [2.24, 2.45) is 0 Å². The van der Waals surface area contributed by atoms with E-state index in [1.165, 1.54) is 23.5 Å². The Morgan fingerprint density at radius 3 is 2.60 bits per heavy atom. The molecule has 0 saturated carbocycles. The van der Waals surface area contributed by atoms with Gasteiger partial charge in [0.2, 0.25) is 5.91 Å². The number of carbonyl (C=O) groups is 1. The molecule has 0 saturated heterocycles. The van der Waals surface area contributed by atoms with E-state index in [9.17, 15) is 14.9 Å². The first-order chi connectivity index (χ1) is 14.5. The van der Waals surface area contributed by atoms with Gasteiger partial charge in [-0.25, -0.2) is 9.97 Å². The van der Waals surface area contributed by atoms with E-state index in [1.54, 1.807) is 22.9 Å². The number of nitro groups is 1. The molecule has 2 heterocycles. The fraction of sp³-hybridized carbons (Fsp3) is 0.0952. The number of thiazole rings is 1. The molecule has 2 aromatic carbocycles. The van der Waals surface area contributed by atoms with Crippen molar-refractivity contribution in [2.45, 2.75) is 13.3 Å². The van der Waals surface area contributed by atoms with E-state index in [0.717, 1.165) is 11.3 Å². The molecule has 0 spiro atoms. The third-order valence-corrected chi connectivity index (χ3v) is 5.30. The molecule has 9 heteroatoms. The van der Waals surface area contributed by atoms with Gasteiger partial charge >= 0.3 is 0 Å². The third kappa shape index (κ3) is 4.11. The van der Waals surface area contributed by atoms with Gasteiger partial charge in [0, 0.05) is 23.1 Å². The molecule has 30 heavy (non-hydrogen) atoms. The van der Waals surface area contributed by atoms with Crippen LogP contribution in [0.2, 0.25) is 0 Å². The topological polar surface area (TPSA) is 103 Å². The van der Waals surface area contributed by atoms with E-state index >= 15 is 0 Å². The summed E-state index contributed by atoms with van der Waals surface area (Å²) in [5, 5.41) is 16.3. The van der Waals surface area contributed by atoms with E-state index in [0.29, 0.717) is 22.3 Å². The van der Waals surface area contributed by atoms with Crippen LogP contribution in [0, 0.1) is 17.0 Å². The van der Waals surface area contributed by atoms with E-state index in [2.05, 4.69) is 15.3 Å². The number of non-ortho nitro benzene ring substituents is 1. The average Bonchev–Trinajstić information content (AvgIpc) is 3.36. The van der Waals surface area contributed by atoms with Crippen LogP contribution in [0.3, 0.4) is 0 Å². The van der Waals surface area contributed by atoms with Gasteiger partial charge in [0.15, 0.2) is 5.13 Å². The molecule has 0 aliphatic heterocycles. The molecule has 0 atom stereocenters. The maximum Gasteiger partial charge on any atom is 0.269 e. The van der Waals surface area contributed by atoms with E-state index in [4.69, 9.17) is 0 Å². The first kappa shape index (κ1) is 19.5. The second kappa shape index (κ2) is 8.26. The highest BCUT2D eigenvalue weighted by atomic mass is 32.1. The SMILES string of the molecule is Cc1ncc(NC(=O)Cc2ccc([N+](=O)[O-])cc2)n1-c1nc(-c2ccccc2)cs1. The standard InChI is InChI=1S/C21H17N5O3S/c1-14-22-12-19(24-20(27)11-15-7-9-17(10-8-15)26(28)29)25(14)21-23-18(13-30-21)16-5-3-2-4-6-16/h2-10,12-13H,11H2,1H3,(H,24,27). The summed E-state index contributed by atoms with van der Waals surface area (Å²) < 4.78 is 1.80. The summed E-state index contributed by atoms with van der Waals surface area (Å²) in [7, 11) is 0. The summed E-state index contributed by atoms with van der Waals surface area (Å²) in [5.41, 5.74) is 2.54. The molecule has 0 unspecified atom stereocenters. The minimum absolute atomic E-state index is 0.00847. The lowest BCUT2D eigenvalue weighted by atomic mass is 10.1. The monoisotopic (exact) mass is 419 g/mol. The van der Waals surface area contributed by atoms with Crippen LogP contribution in [0.4, 0.5) is 11.5 Å². The zero-order chi connectivity index (χ0) is 21.1. The fourth-order valence-electron chi connectivity index (χ4n) is 2.99. The Morgan fingerprint density at radius 2 is 1.90 bits per heavy atom. The van der Waals surface area contributed by atoms with Gasteiger partial charge in [-0.3, -0.25) is 19.5 Å². The lowest BCUT2D eigenvalue weighted by molar-refractivity contribution is -0.384. The van der Waals surface area contributed by atoms with Crippen LogP contribution in [0.25, 0.3) is 16.4 Å². The van der Waals surface area contributed by atoms with Crippen molar-refractivity contribution in [3.8, 4) is 16.4 Å². The first-order valence-electron chi connectivity index (χ1n) is 9.10. The molecule has 1 N–H and O–H groups in total. The summed E-state index contributed by atoms with van der Waals surface area (Å²) in [6.45, 7) is 1.84. The number of nitrogens with zero attached hydrogens (tertiary/aromatic N) is 4. The number of amides is 1. The number of benzene rings is 2. The zero-order valence-electron chi connectivity index (χ0n) is 16.0. The van der Waals surface area contributed by atoms with Crippen LogP contribution in [0.15, 0.2) is 66.2 Å². The highest BCUT2D eigenvalue weighted by Crippen LogP contribution is 2.27. The first-order valence-corrected chi connectivity index (χ1v) is 9.98. The van der Waals surface area contributed by atoms with Crippen LogP contribution in [-0.2, 0) is 11.2 Å². The molecular weight excluding hydrogens is 402 g/mol. The fourth-order valence-corrected chi connectivity index (χ4v) is 3.88. The number of aromatic nitrogens is 3. The van der Waals surface area contributed by atoms with Crippen molar-refractivity contribution in [1.29, 1.82) is 0 Å². The average molecular weight is 419 g/mol. The van der Waals surface area contributed by atoms with Gasteiger partial charge in [-0.15, -0.1) is 11.3 Å². The van der Waals surface area contributed by atoms with Crippen molar-refractivity contribution >= 4 is 28.7 Å². The maximum atomic E-state index is 12.5. The van der Waals surface area contributed by atoms with Crippen molar-refractivity contribution in [1.82, 2.24) is 14.5 Å². The Kier molecular flexibility index (Phi) is 5.36. The van der Waals surface area contributed by atoms with Crippen molar-refractivity contribution in [3.05, 3.63) is 87.7 Å². The van der Waals surface area contributed by atoms with Crippen molar-refractivity contribution < 1.29 is 9.72 Å². The molecule has 0 fully saturated rings. The minimum atomic E-state index is -0.469. The minimum Gasteiger partial charge on any atom is -0.310 e. The lowest BCUT2D eigenvalue weighted by Gasteiger charge is -2.08. The van der Waals surface area contributed by atoms with Crippen LogP contribution in [-0.4, -0.2) is 25.4 Å². The predicted octanol–water partition coefficient (Wildman–Crippen LogP) is 4.39. The number of nitrogens with one attached hydrogen (secondary N) is 1. The summed E-state index contributed by atoms with van der Waals surface area (Å²) in [5.74, 6) is 0.979. The third-order valence-electron chi connectivity index (χ3n) is 4.47.